The maximum absolute atomic E-state index is 13.5. The van der Waals surface area contributed by atoms with Crippen LogP contribution in [0, 0.1) is 18.7 Å². The molecule has 1 saturated heterocycles. The van der Waals surface area contributed by atoms with Gasteiger partial charge in [0.25, 0.3) is 0 Å². The maximum Gasteiger partial charge on any atom is 0.198 e. The lowest BCUT2D eigenvalue weighted by atomic mass is 10.00. The molecule has 0 unspecified atom stereocenters. The number of fused-ring (bicyclic) bond motifs is 1. The van der Waals surface area contributed by atoms with Gasteiger partial charge in [-0.1, -0.05) is 0 Å². The van der Waals surface area contributed by atoms with Crippen molar-refractivity contribution in [1.29, 1.82) is 0 Å². The van der Waals surface area contributed by atoms with E-state index in [1.807, 2.05) is 25.1 Å². The zero-order chi connectivity index (χ0) is 19.5. The van der Waals surface area contributed by atoms with E-state index >= 15 is 0 Å². The zero-order valence-electron chi connectivity index (χ0n) is 15.8. The second kappa shape index (κ2) is 8.02. The molecule has 2 heterocycles. The molecular weight excluding hydrogens is 357 g/mol. The second-order valence-electron chi connectivity index (χ2n) is 7.27. The van der Waals surface area contributed by atoms with Crippen LogP contribution in [0.1, 0.15) is 24.0 Å². The number of aromatic amines is 1. The van der Waals surface area contributed by atoms with Gasteiger partial charge in [0, 0.05) is 42.6 Å². The highest BCUT2D eigenvalue weighted by Gasteiger charge is 2.14. The van der Waals surface area contributed by atoms with Gasteiger partial charge >= 0.3 is 0 Å². The molecule has 0 bridgehead atoms. The highest BCUT2D eigenvalue weighted by atomic mass is 19.1. The summed E-state index contributed by atoms with van der Waals surface area (Å²) in [5, 5.41) is 14.2. The van der Waals surface area contributed by atoms with E-state index in [0.29, 0.717) is 22.4 Å². The van der Waals surface area contributed by atoms with E-state index in [2.05, 4.69) is 15.3 Å². The number of rotatable bonds is 5. The number of aromatic nitrogens is 1. The Hall–Kier alpha value is -2.86. The van der Waals surface area contributed by atoms with Crippen LogP contribution in [-0.2, 0) is 4.74 Å². The molecule has 146 valence electrons. The predicted octanol–water partition coefficient (Wildman–Crippen LogP) is 4.91. The number of benzene rings is 2. The van der Waals surface area contributed by atoms with Crippen LogP contribution >= 0.6 is 0 Å². The Morgan fingerprint density at radius 2 is 2.07 bits per heavy atom. The topological polar surface area (TPSA) is 69.6 Å². The summed E-state index contributed by atoms with van der Waals surface area (Å²) < 4.78 is 18.9. The number of nitrogens with zero attached hydrogens (tertiary/aromatic N) is 1. The van der Waals surface area contributed by atoms with Gasteiger partial charge in [0.15, 0.2) is 5.88 Å². The normalized spacial score (nSPS) is 15.5. The highest BCUT2D eigenvalue weighted by molar-refractivity contribution is 6.02. The molecule has 0 spiro atoms. The van der Waals surface area contributed by atoms with Gasteiger partial charge < -0.3 is 20.1 Å². The minimum absolute atomic E-state index is 0.0178. The van der Waals surface area contributed by atoms with E-state index in [0.717, 1.165) is 49.5 Å². The van der Waals surface area contributed by atoms with Crippen LogP contribution in [0.15, 0.2) is 41.4 Å². The summed E-state index contributed by atoms with van der Waals surface area (Å²) in [4.78, 5) is 7.31. The summed E-state index contributed by atoms with van der Waals surface area (Å²) in [7, 11) is 0. The van der Waals surface area contributed by atoms with E-state index in [1.54, 1.807) is 12.3 Å². The largest absolute Gasteiger partial charge is 0.494 e. The third kappa shape index (κ3) is 4.02. The number of ether oxygens (including phenoxy) is 1. The molecule has 3 aromatic rings. The number of hydrogen-bond donors (Lipinski definition) is 3. The number of nitrogens with one attached hydrogen (secondary N) is 2. The monoisotopic (exact) mass is 381 g/mol. The van der Waals surface area contributed by atoms with E-state index < -0.39 is 0 Å². The van der Waals surface area contributed by atoms with E-state index in [1.165, 1.54) is 12.1 Å². The fourth-order valence-electron chi connectivity index (χ4n) is 3.57. The number of anilines is 1. The Bertz CT molecular complexity index is 1010. The first-order chi connectivity index (χ1) is 13.6. The summed E-state index contributed by atoms with van der Waals surface area (Å²) in [5.41, 5.74) is 4.13. The fraction of sp³-hybridized carbons (Fsp3) is 0.318. The second-order valence-corrected chi connectivity index (χ2v) is 7.27. The highest BCUT2D eigenvalue weighted by Crippen LogP contribution is 2.28. The Morgan fingerprint density at radius 3 is 2.86 bits per heavy atom. The van der Waals surface area contributed by atoms with Crippen LogP contribution in [-0.4, -0.2) is 36.1 Å². The van der Waals surface area contributed by atoms with Crippen molar-refractivity contribution in [3.05, 3.63) is 53.3 Å². The van der Waals surface area contributed by atoms with Crippen LogP contribution in [0.2, 0.25) is 0 Å². The van der Waals surface area contributed by atoms with Crippen molar-refractivity contribution in [1.82, 2.24) is 4.98 Å². The number of aromatic hydroxyl groups is 1. The summed E-state index contributed by atoms with van der Waals surface area (Å²) >= 11 is 0. The summed E-state index contributed by atoms with van der Waals surface area (Å²) in [5.74, 6) is 0.281. The third-order valence-corrected chi connectivity index (χ3v) is 5.25. The first-order valence-corrected chi connectivity index (χ1v) is 9.56. The number of hydrogen-bond acceptors (Lipinski definition) is 4. The molecule has 1 fully saturated rings. The first kappa shape index (κ1) is 18.5. The van der Waals surface area contributed by atoms with Crippen LogP contribution in [0.25, 0.3) is 10.9 Å². The van der Waals surface area contributed by atoms with E-state index in [-0.39, 0.29) is 11.7 Å². The zero-order valence-corrected chi connectivity index (χ0v) is 15.8. The molecular formula is C22H24FN3O2. The van der Waals surface area contributed by atoms with Crippen molar-refractivity contribution in [3.8, 4) is 5.88 Å². The predicted molar refractivity (Wildman–Crippen MR) is 110 cm³/mol. The number of aryl methyl sites for hydroxylation is 1. The smallest absolute Gasteiger partial charge is 0.198 e. The van der Waals surface area contributed by atoms with Crippen molar-refractivity contribution in [2.45, 2.75) is 19.8 Å². The minimum atomic E-state index is -0.350. The molecule has 6 heteroatoms. The average molecular weight is 381 g/mol. The van der Waals surface area contributed by atoms with Gasteiger partial charge in [0.05, 0.1) is 11.3 Å². The molecule has 0 amide bonds. The molecule has 2 aromatic carbocycles. The van der Waals surface area contributed by atoms with Crippen molar-refractivity contribution >= 4 is 28.5 Å². The van der Waals surface area contributed by atoms with Crippen molar-refractivity contribution in [3.63, 3.8) is 0 Å². The van der Waals surface area contributed by atoms with Crippen molar-refractivity contribution < 1.29 is 14.2 Å². The van der Waals surface area contributed by atoms with Crippen LogP contribution in [0.3, 0.4) is 0 Å². The van der Waals surface area contributed by atoms with Crippen molar-refractivity contribution in [2.75, 3.05) is 25.1 Å². The summed E-state index contributed by atoms with van der Waals surface area (Å²) in [6.45, 7) is 4.69. The molecule has 4 rings (SSSR count). The number of H-pyrrole nitrogens is 1. The Labute approximate surface area is 163 Å². The minimum Gasteiger partial charge on any atom is -0.494 e. The van der Waals surface area contributed by atoms with Crippen LogP contribution < -0.4 is 5.32 Å². The molecule has 28 heavy (non-hydrogen) atoms. The number of aliphatic imine (C=N–C) groups is 1. The quantitative estimate of drug-likeness (QED) is 0.550. The lowest BCUT2D eigenvalue weighted by Gasteiger charge is -2.23. The maximum atomic E-state index is 13.5. The van der Waals surface area contributed by atoms with Crippen LogP contribution in [0.4, 0.5) is 15.8 Å². The van der Waals surface area contributed by atoms with Gasteiger partial charge in [-0.3, -0.25) is 4.99 Å². The molecule has 5 nitrogen and oxygen atoms in total. The Morgan fingerprint density at radius 1 is 1.25 bits per heavy atom. The van der Waals surface area contributed by atoms with Gasteiger partial charge in [0.2, 0.25) is 0 Å². The SMILES string of the molecule is Cc1cc(N=Cc2c(O)[nH]c3ccc(F)cc23)ccc1NCC1CCOCC1. The van der Waals surface area contributed by atoms with Gasteiger partial charge in [-0.2, -0.15) is 0 Å². The molecule has 0 radical (unpaired) electrons. The molecule has 1 aromatic heterocycles. The Balaban J connectivity index is 1.49. The van der Waals surface area contributed by atoms with Crippen molar-refractivity contribution in [2.24, 2.45) is 10.9 Å². The standard InChI is InChI=1S/C22H24FN3O2/c1-14-10-17(3-5-20(14)25-12-15-6-8-28-9-7-15)24-13-19-18-11-16(23)2-4-21(18)26-22(19)27/h2-5,10-11,13,15,25-27H,6-9,12H2,1H3. The molecule has 3 N–H and O–H groups in total. The van der Waals surface area contributed by atoms with Crippen LogP contribution in [0.5, 0.6) is 5.88 Å². The van der Waals surface area contributed by atoms with Gasteiger partial charge in [0.1, 0.15) is 5.82 Å². The lowest BCUT2D eigenvalue weighted by molar-refractivity contribution is 0.0699. The third-order valence-electron chi connectivity index (χ3n) is 5.25. The van der Waals surface area contributed by atoms with Gasteiger partial charge in [-0.15, -0.1) is 0 Å². The summed E-state index contributed by atoms with van der Waals surface area (Å²) in [6, 6.07) is 10.3. The lowest BCUT2D eigenvalue weighted by Crippen LogP contribution is -2.22. The first-order valence-electron chi connectivity index (χ1n) is 9.56. The molecule has 0 aliphatic carbocycles. The fourth-order valence-corrected chi connectivity index (χ4v) is 3.57. The molecule has 1 aliphatic heterocycles. The average Bonchev–Trinajstić information content (AvgIpc) is 3.01. The van der Waals surface area contributed by atoms with Gasteiger partial charge in [-0.25, -0.2) is 4.39 Å². The molecule has 0 atom stereocenters. The molecule has 0 saturated carbocycles. The van der Waals surface area contributed by atoms with Gasteiger partial charge in [-0.05, 0) is 67.6 Å². The molecule has 1 aliphatic rings. The summed E-state index contributed by atoms with van der Waals surface area (Å²) in [6.07, 6.45) is 3.77. The number of halogens is 1. The van der Waals surface area contributed by atoms with E-state index in [4.69, 9.17) is 4.74 Å². The van der Waals surface area contributed by atoms with E-state index in [9.17, 15) is 9.50 Å². The Kier molecular flexibility index (Phi) is 5.30.